The lowest BCUT2D eigenvalue weighted by molar-refractivity contribution is -0.307. The van der Waals surface area contributed by atoms with E-state index in [9.17, 15) is 19.5 Å². The Labute approximate surface area is 342 Å². The first-order chi connectivity index (χ1) is 28.4. The largest absolute Gasteiger partial charge is 0.546 e. The summed E-state index contributed by atoms with van der Waals surface area (Å²) in [4.78, 5) is 42.9. The topological polar surface area (TPSA) is 156 Å². The number of ether oxygens (including phenoxy) is 6. The molecule has 0 N–H and O–H groups in total. The minimum Gasteiger partial charge on any atom is -0.546 e. The molecule has 0 spiro atoms. The predicted octanol–water partition coefficient (Wildman–Crippen LogP) is 3.19. The Balaban J connectivity index is 1.55. The van der Waals surface area contributed by atoms with Crippen LogP contribution in [-0.4, -0.2) is 120 Å². The molecule has 0 bridgehead atoms. The summed E-state index contributed by atoms with van der Waals surface area (Å²) in [6.07, 6.45) is 0. The number of carboxylic acid groups (broad SMARTS) is 1. The maximum absolute atomic E-state index is 12.9. The normalized spacial score (nSPS) is 13.5. The molecule has 59 heavy (non-hydrogen) atoms. The number of rotatable bonds is 9. The van der Waals surface area contributed by atoms with Gasteiger partial charge in [-0.1, -0.05) is 6.07 Å². The maximum atomic E-state index is 12.9. The number of aryl methyl sites for hydroxylation is 1. The average molecular weight is 811 g/mol. The van der Waals surface area contributed by atoms with Crippen molar-refractivity contribution in [2.45, 2.75) is 6.92 Å². The Bertz CT molecular complexity index is 2370. The molecule has 0 unspecified atom stereocenters. The van der Waals surface area contributed by atoms with Crippen LogP contribution in [0.2, 0.25) is 0 Å². The number of aliphatic carboxylic acids is 1. The second-order valence-corrected chi connectivity index (χ2v) is 14.4. The van der Waals surface area contributed by atoms with Gasteiger partial charge in [0.05, 0.1) is 50.8 Å². The fraction of sp³-hybridized carbons (Fsp3) is 0.364. The van der Waals surface area contributed by atoms with Gasteiger partial charge in [-0.3, -0.25) is 9.59 Å². The van der Waals surface area contributed by atoms with Gasteiger partial charge in [-0.25, -0.2) is 4.58 Å². The molecule has 2 heterocycles. The highest BCUT2D eigenvalue weighted by Crippen LogP contribution is 2.48. The molecule has 0 aromatic heterocycles. The van der Waals surface area contributed by atoms with Crippen LogP contribution in [0.3, 0.4) is 0 Å². The number of carboxylic acids is 1. The number of carbonyl (C=O) groups excluding carboxylic acids is 3. The number of fused-ring (bicyclic) bond motifs is 4. The zero-order chi connectivity index (χ0) is 42.2. The summed E-state index contributed by atoms with van der Waals surface area (Å²) in [5, 5.41) is 13.6. The first kappa shape index (κ1) is 42.1. The summed E-state index contributed by atoms with van der Waals surface area (Å²) in [5.41, 5.74) is 5.53. The van der Waals surface area contributed by atoms with Crippen LogP contribution in [0.25, 0.3) is 33.4 Å². The van der Waals surface area contributed by atoms with E-state index in [0.29, 0.717) is 51.9 Å². The van der Waals surface area contributed by atoms with E-state index in [4.69, 9.17) is 32.8 Å². The van der Waals surface area contributed by atoms with Crippen LogP contribution in [-0.2, 0) is 28.6 Å². The van der Waals surface area contributed by atoms with Crippen LogP contribution in [0.4, 0.5) is 17.1 Å². The minimum atomic E-state index is -1.42. The summed E-state index contributed by atoms with van der Waals surface area (Å²) in [6, 6.07) is 20.9. The molecule has 0 saturated heterocycles. The number of hydrogen-bond acceptors (Lipinski definition) is 14. The van der Waals surface area contributed by atoms with Crippen molar-refractivity contribution in [3.05, 3.63) is 77.7 Å². The maximum Gasteiger partial charge on any atom is 0.325 e. The van der Waals surface area contributed by atoms with Gasteiger partial charge in [-0.05, 0) is 48.9 Å². The number of nitrogens with zero attached hydrogens (tertiary/aromatic N) is 4. The number of esters is 2. The van der Waals surface area contributed by atoms with Gasteiger partial charge < -0.3 is 57.4 Å². The molecule has 3 aliphatic rings. The van der Waals surface area contributed by atoms with Crippen molar-refractivity contribution in [2.75, 3.05) is 116 Å². The van der Waals surface area contributed by atoms with Gasteiger partial charge in [0.1, 0.15) is 75.6 Å². The molecule has 15 nitrogen and oxygen atoms in total. The third kappa shape index (κ3) is 9.98. The minimum absolute atomic E-state index is 0.0316. The van der Waals surface area contributed by atoms with Crippen molar-refractivity contribution in [3.8, 4) is 39.7 Å². The van der Waals surface area contributed by atoms with Gasteiger partial charge in [0.25, 0.3) is 0 Å². The van der Waals surface area contributed by atoms with E-state index >= 15 is 0 Å². The molecular formula is C44H50N4O11. The van der Waals surface area contributed by atoms with Crippen molar-refractivity contribution >= 4 is 45.9 Å². The van der Waals surface area contributed by atoms with Crippen LogP contribution in [0.5, 0.6) is 17.2 Å². The average Bonchev–Trinajstić information content (AvgIpc) is 3.22. The Morgan fingerprint density at radius 3 is 2.07 bits per heavy atom. The standard InChI is InChI=1S/C44H50N4O11/c1-28-8-13-34-39(20-28)56-18-19-57-40-23-33(44-31-11-9-29(45(2)3)21-37(31)59-38-22-30(46(4)5)10-12-32(38)44)36(58-27-41(49)50)24-35(40)48(26-43(52)54-7)15-17-55-16-14-47(34)25-42(51)53-6/h8-13,20-24H,14-19,25-27H2,1-7H3. The van der Waals surface area contributed by atoms with Gasteiger partial charge in [0.2, 0.25) is 5.36 Å². The Morgan fingerprint density at radius 2 is 1.44 bits per heavy atom. The predicted molar refractivity (Wildman–Crippen MR) is 222 cm³/mol. The molecule has 3 aromatic rings. The highest BCUT2D eigenvalue weighted by molar-refractivity contribution is 6.04. The second kappa shape index (κ2) is 18.9. The SMILES string of the molecule is COC(=O)CN1CCOCCN(CC(=O)OC)c2cc(OCC(=O)[O-])c(-c3c4ccc(=[N+](C)C)cc-4oc4cc(N(C)C)ccc34)cc2OCCOc2cc(C)ccc21. The Morgan fingerprint density at radius 1 is 0.780 bits per heavy atom. The monoisotopic (exact) mass is 810 g/mol. The first-order valence-electron chi connectivity index (χ1n) is 19.1. The molecule has 0 fully saturated rings. The summed E-state index contributed by atoms with van der Waals surface area (Å²) in [6.45, 7) is 2.06. The number of methoxy groups -OCH3 is 2. The molecule has 0 radical (unpaired) electrons. The fourth-order valence-corrected chi connectivity index (χ4v) is 6.84. The molecule has 312 valence electrons. The van der Waals surface area contributed by atoms with Crippen molar-refractivity contribution in [2.24, 2.45) is 0 Å². The third-order valence-electron chi connectivity index (χ3n) is 9.90. The fourth-order valence-electron chi connectivity index (χ4n) is 6.84. The van der Waals surface area contributed by atoms with E-state index < -0.39 is 24.5 Å². The van der Waals surface area contributed by atoms with Crippen molar-refractivity contribution < 1.29 is 52.3 Å². The van der Waals surface area contributed by atoms with Gasteiger partial charge in [0, 0.05) is 73.1 Å². The number of anilines is 3. The van der Waals surface area contributed by atoms with Gasteiger partial charge >= 0.3 is 11.9 Å². The van der Waals surface area contributed by atoms with Crippen molar-refractivity contribution in [1.29, 1.82) is 0 Å². The van der Waals surface area contributed by atoms with Gasteiger partial charge in [-0.2, -0.15) is 0 Å². The van der Waals surface area contributed by atoms with E-state index in [1.54, 1.807) is 17.0 Å². The van der Waals surface area contributed by atoms with Crippen LogP contribution in [0, 0.1) is 6.92 Å². The molecule has 0 atom stereocenters. The highest BCUT2D eigenvalue weighted by atomic mass is 16.5. The summed E-state index contributed by atoms with van der Waals surface area (Å²) < 4.78 is 43.6. The van der Waals surface area contributed by atoms with Crippen LogP contribution in [0.1, 0.15) is 5.56 Å². The van der Waals surface area contributed by atoms with E-state index in [0.717, 1.165) is 27.6 Å². The van der Waals surface area contributed by atoms with Crippen LogP contribution >= 0.6 is 0 Å². The van der Waals surface area contributed by atoms with Crippen LogP contribution in [0.15, 0.2) is 71.1 Å². The summed E-state index contributed by atoms with van der Waals surface area (Å²) >= 11 is 0. The molecule has 1 aliphatic carbocycles. The summed E-state index contributed by atoms with van der Waals surface area (Å²) in [5.74, 6) is -0.667. The number of benzene rings is 4. The van der Waals surface area contributed by atoms with E-state index in [1.807, 2.05) is 104 Å². The summed E-state index contributed by atoms with van der Waals surface area (Å²) in [7, 11) is 10.4. The second-order valence-electron chi connectivity index (χ2n) is 14.4. The van der Waals surface area contributed by atoms with Crippen molar-refractivity contribution in [3.63, 3.8) is 0 Å². The Hall–Kier alpha value is -6.48. The third-order valence-corrected chi connectivity index (χ3v) is 9.90. The molecular weight excluding hydrogens is 761 g/mol. The number of carbonyl (C=O) groups is 3. The Kier molecular flexibility index (Phi) is 13.5. The smallest absolute Gasteiger partial charge is 0.325 e. The molecule has 3 aromatic carbocycles. The lowest BCUT2D eigenvalue weighted by Crippen LogP contribution is -2.36. The van der Waals surface area contributed by atoms with Crippen molar-refractivity contribution in [1.82, 2.24) is 4.58 Å². The highest BCUT2D eigenvalue weighted by Gasteiger charge is 2.26. The molecule has 15 heteroatoms. The quantitative estimate of drug-likeness (QED) is 0.122. The van der Waals surface area contributed by atoms with Gasteiger partial charge in [0.15, 0.2) is 0 Å². The van der Waals surface area contributed by atoms with Crippen LogP contribution < -0.4 is 43.9 Å². The molecule has 6 rings (SSSR count). The lowest BCUT2D eigenvalue weighted by atomic mass is 9.92. The molecule has 0 amide bonds. The molecule has 2 aliphatic heterocycles. The van der Waals surface area contributed by atoms with Gasteiger partial charge in [-0.15, -0.1) is 0 Å². The lowest BCUT2D eigenvalue weighted by Gasteiger charge is -2.28. The molecule has 0 saturated carbocycles. The van der Waals surface area contributed by atoms with E-state index in [1.165, 1.54) is 14.2 Å². The van der Waals surface area contributed by atoms with E-state index in [2.05, 4.69) is 0 Å². The number of hydrogen-bond donors (Lipinski definition) is 0. The van der Waals surface area contributed by atoms with E-state index in [-0.39, 0.29) is 51.8 Å². The first-order valence-corrected chi connectivity index (χ1v) is 19.1. The zero-order valence-electron chi connectivity index (χ0n) is 34.5. The zero-order valence-corrected chi connectivity index (χ0v) is 34.5.